The van der Waals surface area contributed by atoms with Crippen molar-refractivity contribution in [3.63, 3.8) is 0 Å². The van der Waals surface area contributed by atoms with Gasteiger partial charge in [0.2, 0.25) is 10.0 Å². The molecule has 6 heteroatoms. The van der Waals surface area contributed by atoms with Gasteiger partial charge in [-0.2, -0.15) is 0 Å². The first-order chi connectivity index (χ1) is 6.47. The van der Waals surface area contributed by atoms with Gasteiger partial charge in [0.25, 0.3) is 0 Å². The standard InChI is InChI=1S/C8H15NO4S/c1-2-5-14(12,13)9-4-3-7(6-9)8(10)11/h7H,2-6H2,1H3,(H,10,11). The zero-order valence-electron chi connectivity index (χ0n) is 8.14. The Labute approximate surface area is 83.8 Å². The van der Waals surface area contributed by atoms with Crippen molar-refractivity contribution in [3.8, 4) is 0 Å². The van der Waals surface area contributed by atoms with Crippen LogP contribution in [0.4, 0.5) is 0 Å². The Bertz CT molecular complexity index is 311. The highest BCUT2D eigenvalue weighted by Gasteiger charge is 2.34. The predicted molar refractivity (Wildman–Crippen MR) is 51.4 cm³/mol. The Morgan fingerprint density at radius 3 is 2.64 bits per heavy atom. The molecule has 1 atom stereocenters. The third-order valence-electron chi connectivity index (χ3n) is 2.36. The third kappa shape index (κ3) is 2.45. The molecule has 0 aromatic carbocycles. The monoisotopic (exact) mass is 221 g/mol. The minimum Gasteiger partial charge on any atom is -0.481 e. The van der Waals surface area contributed by atoms with E-state index in [2.05, 4.69) is 0 Å². The maximum Gasteiger partial charge on any atom is 0.307 e. The molecular weight excluding hydrogens is 206 g/mol. The molecule has 0 aromatic rings. The quantitative estimate of drug-likeness (QED) is 0.732. The first kappa shape index (κ1) is 11.5. The molecule has 1 N–H and O–H groups in total. The van der Waals surface area contributed by atoms with E-state index in [4.69, 9.17) is 5.11 Å². The fourth-order valence-corrected chi connectivity index (χ4v) is 3.13. The van der Waals surface area contributed by atoms with Gasteiger partial charge in [-0.3, -0.25) is 4.79 Å². The van der Waals surface area contributed by atoms with Crippen LogP contribution in [-0.4, -0.2) is 42.6 Å². The molecule has 0 aromatic heterocycles. The smallest absolute Gasteiger partial charge is 0.307 e. The number of carboxylic acid groups (broad SMARTS) is 1. The molecule has 0 bridgehead atoms. The van der Waals surface area contributed by atoms with Crippen molar-refractivity contribution in [1.29, 1.82) is 0 Å². The van der Waals surface area contributed by atoms with Crippen LogP contribution in [0.15, 0.2) is 0 Å². The molecule has 1 saturated heterocycles. The van der Waals surface area contributed by atoms with Crippen LogP contribution in [0.25, 0.3) is 0 Å². The molecule has 1 aliphatic rings. The van der Waals surface area contributed by atoms with Gasteiger partial charge in [0.15, 0.2) is 0 Å². The van der Waals surface area contributed by atoms with Crippen molar-refractivity contribution in [3.05, 3.63) is 0 Å². The molecule has 0 saturated carbocycles. The lowest BCUT2D eigenvalue weighted by atomic mass is 10.1. The molecule has 1 aliphatic heterocycles. The average Bonchev–Trinajstić information content (AvgIpc) is 2.51. The van der Waals surface area contributed by atoms with Crippen LogP contribution in [0, 0.1) is 5.92 Å². The van der Waals surface area contributed by atoms with Crippen LogP contribution in [0.1, 0.15) is 19.8 Å². The number of carbonyl (C=O) groups is 1. The van der Waals surface area contributed by atoms with Gasteiger partial charge in [-0.1, -0.05) is 6.92 Å². The van der Waals surface area contributed by atoms with Crippen molar-refractivity contribution in [2.24, 2.45) is 5.92 Å². The summed E-state index contributed by atoms with van der Waals surface area (Å²) < 4.78 is 24.4. The van der Waals surface area contributed by atoms with Gasteiger partial charge in [-0.05, 0) is 12.8 Å². The number of sulfonamides is 1. The Hall–Kier alpha value is -0.620. The van der Waals surface area contributed by atoms with E-state index < -0.39 is 21.9 Å². The van der Waals surface area contributed by atoms with Crippen LogP contribution < -0.4 is 0 Å². The zero-order valence-corrected chi connectivity index (χ0v) is 8.96. The van der Waals surface area contributed by atoms with Gasteiger partial charge < -0.3 is 5.11 Å². The van der Waals surface area contributed by atoms with Crippen LogP contribution >= 0.6 is 0 Å². The van der Waals surface area contributed by atoms with Crippen LogP contribution in [0.2, 0.25) is 0 Å². The van der Waals surface area contributed by atoms with Gasteiger partial charge in [-0.25, -0.2) is 12.7 Å². The molecule has 0 radical (unpaired) electrons. The average molecular weight is 221 g/mol. The molecule has 1 heterocycles. The third-order valence-corrected chi connectivity index (χ3v) is 4.40. The fraction of sp³-hybridized carbons (Fsp3) is 0.875. The molecule has 0 aliphatic carbocycles. The molecular formula is C8H15NO4S. The highest BCUT2D eigenvalue weighted by atomic mass is 32.2. The maximum atomic E-state index is 11.5. The summed E-state index contributed by atoms with van der Waals surface area (Å²) in [5, 5.41) is 8.71. The van der Waals surface area contributed by atoms with Gasteiger partial charge in [-0.15, -0.1) is 0 Å². The first-order valence-corrected chi connectivity index (χ1v) is 6.29. The summed E-state index contributed by atoms with van der Waals surface area (Å²) in [7, 11) is -3.21. The van der Waals surface area contributed by atoms with Gasteiger partial charge in [0.05, 0.1) is 11.7 Å². The summed E-state index contributed by atoms with van der Waals surface area (Å²) >= 11 is 0. The van der Waals surface area contributed by atoms with E-state index in [9.17, 15) is 13.2 Å². The lowest BCUT2D eigenvalue weighted by molar-refractivity contribution is -0.141. The van der Waals surface area contributed by atoms with Crippen LogP contribution in [-0.2, 0) is 14.8 Å². The number of nitrogens with zero attached hydrogens (tertiary/aromatic N) is 1. The molecule has 1 rings (SSSR count). The Morgan fingerprint density at radius 1 is 1.57 bits per heavy atom. The van der Waals surface area contributed by atoms with Crippen molar-refractivity contribution < 1.29 is 18.3 Å². The topological polar surface area (TPSA) is 74.7 Å². The van der Waals surface area contributed by atoms with E-state index in [0.29, 0.717) is 19.4 Å². The van der Waals surface area contributed by atoms with E-state index >= 15 is 0 Å². The molecule has 1 unspecified atom stereocenters. The zero-order chi connectivity index (χ0) is 10.8. The lowest BCUT2D eigenvalue weighted by Crippen LogP contribution is -2.31. The van der Waals surface area contributed by atoms with Gasteiger partial charge in [0.1, 0.15) is 0 Å². The second kappa shape index (κ2) is 4.27. The van der Waals surface area contributed by atoms with Gasteiger partial charge >= 0.3 is 5.97 Å². The minimum atomic E-state index is -3.21. The Morgan fingerprint density at radius 2 is 2.21 bits per heavy atom. The summed E-state index contributed by atoms with van der Waals surface area (Å²) in [6.45, 7) is 2.28. The second-order valence-corrected chi connectivity index (χ2v) is 5.59. The lowest BCUT2D eigenvalue weighted by Gasteiger charge is -2.14. The molecule has 14 heavy (non-hydrogen) atoms. The van der Waals surface area contributed by atoms with Crippen molar-refractivity contribution >= 4 is 16.0 Å². The van der Waals surface area contributed by atoms with E-state index in [1.807, 2.05) is 0 Å². The van der Waals surface area contributed by atoms with E-state index in [1.165, 1.54) is 4.31 Å². The van der Waals surface area contributed by atoms with E-state index in [1.54, 1.807) is 6.92 Å². The van der Waals surface area contributed by atoms with E-state index in [-0.39, 0.29) is 12.3 Å². The number of hydrogen-bond acceptors (Lipinski definition) is 3. The summed E-state index contributed by atoms with van der Waals surface area (Å²) in [5.41, 5.74) is 0. The van der Waals surface area contributed by atoms with Crippen LogP contribution in [0.3, 0.4) is 0 Å². The fourth-order valence-electron chi connectivity index (χ4n) is 1.57. The highest BCUT2D eigenvalue weighted by molar-refractivity contribution is 7.89. The highest BCUT2D eigenvalue weighted by Crippen LogP contribution is 2.19. The number of hydrogen-bond donors (Lipinski definition) is 1. The molecule has 5 nitrogen and oxygen atoms in total. The molecule has 82 valence electrons. The van der Waals surface area contributed by atoms with Crippen molar-refractivity contribution in [2.45, 2.75) is 19.8 Å². The first-order valence-electron chi connectivity index (χ1n) is 4.68. The number of rotatable bonds is 4. The van der Waals surface area contributed by atoms with Gasteiger partial charge in [0, 0.05) is 13.1 Å². The van der Waals surface area contributed by atoms with E-state index in [0.717, 1.165) is 0 Å². The SMILES string of the molecule is CCCS(=O)(=O)N1CCC(C(=O)O)C1. The summed E-state index contributed by atoms with van der Waals surface area (Å²) in [6, 6.07) is 0. The summed E-state index contributed by atoms with van der Waals surface area (Å²) in [6.07, 6.45) is 0.995. The van der Waals surface area contributed by atoms with Crippen LogP contribution in [0.5, 0.6) is 0 Å². The largest absolute Gasteiger partial charge is 0.481 e. The Kier molecular flexibility index (Phi) is 3.49. The normalized spacial score (nSPS) is 23.9. The second-order valence-electron chi connectivity index (χ2n) is 3.50. The maximum absolute atomic E-state index is 11.5. The molecule has 0 amide bonds. The number of aliphatic carboxylic acids is 1. The Balaban J connectivity index is 2.62. The summed E-state index contributed by atoms with van der Waals surface area (Å²) in [4.78, 5) is 10.6. The predicted octanol–water partition coefficient (Wildman–Crippen LogP) is 0.133. The van der Waals surface area contributed by atoms with Crippen molar-refractivity contribution in [2.75, 3.05) is 18.8 Å². The molecule has 0 spiro atoms. The summed E-state index contributed by atoms with van der Waals surface area (Å²) in [5.74, 6) is -1.32. The van der Waals surface area contributed by atoms with Crippen molar-refractivity contribution in [1.82, 2.24) is 4.31 Å². The minimum absolute atomic E-state index is 0.110. The molecule has 1 fully saturated rings. The number of carboxylic acids is 1.